The number of nitrogens with zero attached hydrogens (tertiary/aromatic N) is 4. The van der Waals surface area contributed by atoms with Crippen molar-refractivity contribution in [3.8, 4) is 6.07 Å². The first kappa shape index (κ1) is 15.7. The van der Waals surface area contributed by atoms with Crippen molar-refractivity contribution in [3.05, 3.63) is 34.0 Å². The Labute approximate surface area is 139 Å². The normalized spacial score (nSPS) is 20.4. The van der Waals surface area contributed by atoms with Gasteiger partial charge in [0.15, 0.2) is 5.82 Å². The van der Waals surface area contributed by atoms with E-state index in [4.69, 9.17) is 16.3 Å². The van der Waals surface area contributed by atoms with Gasteiger partial charge in [0.1, 0.15) is 23.8 Å². The molecule has 1 fully saturated rings. The molecule has 0 amide bonds. The summed E-state index contributed by atoms with van der Waals surface area (Å²) >= 11 is 6.02. The summed E-state index contributed by atoms with van der Waals surface area (Å²) in [5.74, 6) is 2.21. The first-order valence-corrected chi connectivity index (χ1v) is 7.77. The Morgan fingerprint density at radius 2 is 2.35 bits per heavy atom. The molecule has 1 aliphatic rings. The zero-order valence-corrected chi connectivity index (χ0v) is 13.7. The standard InChI is InChI=1S/C15H17ClN6O/c1-8-11(5-17)14(19-7-12(8)16)18-6-10-3-4-23-13(10)15-20-9(2)21-22-15/h7,10,13H,3-4,6H2,1-2H3,(H,18,19)(H,20,21,22)/t10-,13-/m0/s1. The number of H-pyrrole nitrogens is 1. The number of anilines is 1. The highest BCUT2D eigenvalue weighted by Gasteiger charge is 2.32. The molecule has 2 N–H and O–H groups in total. The van der Waals surface area contributed by atoms with Crippen molar-refractivity contribution >= 4 is 17.4 Å². The fourth-order valence-electron chi connectivity index (χ4n) is 2.69. The third-order valence-corrected chi connectivity index (χ3v) is 4.38. The van der Waals surface area contributed by atoms with Crippen LogP contribution in [0.25, 0.3) is 0 Å². The number of nitrogens with one attached hydrogen (secondary N) is 2. The van der Waals surface area contributed by atoms with Crippen molar-refractivity contribution < 1.29 is 4.74 Å². The molecule has 2 aromatic heterocycles. The zero-order chi connectivity index (χ0) is 16.4. The van der Waals surface area contributed by atoms with Gasteiger partial charge in [-0.1, -0.05) is 11.6 Å². The quantitative estimate of drug-likeness (QED) is 0.892. The molecule has 0 spiro atoms. The number of aromatic nitrogens is 4. The summed E-state index contributed by atoms with van der Waals surface area (Å²) in [6, 6.07) is 2.16. The third kappa shape index (κ3) is 3.14. The number of halogens is 1. The summed E-state index contributed by atoms with van der Waals surface area (Å²) in [4.78, 5) is 8.58. The van der Waals surface area contributed by atoms with Crippen LogP contribution in [0.4, 0.5) is 5.82 Å². The maximum atomic E-state index is 9.31. The van der Waals surface area contributed by atoms with Crippen LogP contribution in [0.15, 0.2) is 6.20 Å². The lowest BCUT2D eigenvalue weighted by atomic mass is 10.0. The van der Waals surface area contributed by atoms with E-state index < -0.39 is 0 Å². The van der Waals surface area contributed by atoms with Crippen LogP contribution in [-0.4, -0.2) is 33.3 Å². The number of pyridine rings is 1. The lowest BCUT2D eigenvalue weighted by Crippen LogP contribution is -2.20. The van der Waals surface area contributed by atoms with Gasteiger partial charge in [0.2, 0.25) is 0 Å². The second-order valence-corrected chi connectivity index (χ2v) is 5.97. The largest absolute Gasteiger partial charge is 0.370 e. The van der Waals surface area contributed by atoms with Crippen molar-refractivity contribution in [2.75, 3.05) is 18.5 Å². The second kappa shape index (κ2) is 6.52. The van der Waals surface area contributed by atoms with Crippen LogP contribution in [0.2, 0.25) is 5.02 Å². The van der Waals surface area contributed by atoms with Crippen LogP contribution in [0.5, 0.6) is 0 Å². The van der Waals surface area contributed by atoms with Gasteiger partial charge >= 0.3 is 0 Å². The molecule has 7 nitrogen and oxygen atoms in total. The molecule has 0 aliphatic carbocycles. The van der Waals surface area contributed by atoms with E-state index in [1.807, 2.05) is 13.8 Å². The van der Waals surface area contributed by atoms with Crippen LogP contribution in [0, 0.1) is 31.1 Å². The number of ether oxygens (including phenoxy) is 1. The van der Waals surface area contributed by atoms with Gasteiger partial charge in [-0.3, -0.25) is 5.10 Å². The summed E-state index contributed by atoms with van der Waals surface area (Å²) in [5.41, 5.74) is 1.21. The van der Waals surface area contributed by atoms with E-state index in [2.05, 4.69) is 31.6 Å². The van der Waals surface area contributed by atoms with Crippen molar-refractivity contribution in [2.24, 2.45) is 5.92 Å². The molecule has 120 valence electrons. The Morgan fingerprint density at radius 3 is 3.04 bits per heavy atom. The molecule has 1 aliphatic heterocycles. The summed E-state index contributed by atoms with van der Waals surface area (Å²) in [6.45, 7) is 4.97. The van der Waals surface area contributed by atoms with Crippen LogP contribution < -0.4 is 5.32 Å². The molecular weight excluding hydrogens is 316 g/mol. The van der Waals surface area contributed by atoms with Gasteiger partial charge in [0.25, 0.3) is 0 Å². The van der Waals surface area contributed by atoms with Gasteiger partial charge in [-0.2, -0.15) is 10.4 Å². The number of aromatic amines is 1. The highest BCUT2D eigenvalue weighted by molar-refractivity contribution is 6.31. The number of hydrogen-bond donors (Lipinski definition) is 2. The maximum Gasteiger partial charge on any atom is 0.179 e. The molecule has 0 radical (unpaired) electrons. The minimum absolute atomic E-state index is 0.147. The predicted octanol–water partition coefficient (Wildman–Crippen LogP) is 2.53. The van der Waals surface area contributed by atoms with Crippen LogP contribution >= 0.6 is 11.6 Å². The lowest BCUT2D eigenvalue weighted by Gasteiger charge is -2.17. The Bertz CT molecular complexity index is 753. The van der Waals surface area contributed by atoms with Crippen LogP contribution in [0.3, 0.4) is 0 Å². The topological polar surface area (TPSA) is 99.5 Å². The van der Waals surface area contributed by atoms with Gasteiger partial charge in [0.05, 0.1) is 10.6 Å². The van der Waals surface area contributed by atoms with Crippen molar-refractivity contribution in [1.82, 2.24) is 20.2 Å². The van der Waals surface area contributed by atoms with Crippen molar-refractivity contribution in [2.45, 2.75) is 26.4 Å². The fraction of sp³-hybridized carbons (Fsp3) is 0.467. The Hall–Kier alpha value is -2.17. The molecule has 0 saturated carbocycles. The number of rotatable bonds is 4. The molecule has 23 heavy (non-hydrogen) atoms. The maximum absolute atomic E-state index is 9.31. The second-order valence-electron chi connectivity index (χ2n) is 5.57. The van der Waals surface area contributed by atoms with Gasteiger partial charge in [-0.05, 0) is 25.8 Å². The molecule has 0 bridgehead atoms. The molecular formula is C15H17ClN6O. The minimum atomic E-state index is -0.147. The summed E-state index contributed by atoms with van der Waals surface area (Å²) in [5, 5.41) is 20.1. The molecule has 3 heterocycles. The van der Waals surface area contributed by atoms with Crippen LogP contribution in [0.1, 0.15) is 35.3 Å². The third-order valence-electron chi connectivity index (χ3n) is 4.00. The predicted molar refractivity (Wildman–Crippen MR) is 85.1 cm³/mol. The Kier molecular flexibility index (Phi) is 4.46. The molecule has 3 rings (SSSR count). The van der Waals surface area contributed by atoms with Crippen molar-refractivity contribution in [3.63, 3.8) is 0 Å². The summed E-state index contributed by atoms with van der Waals surface area (Å²) in [6.07, 6.45) is 2.31. The molecule has 0 unspecified atom stereocenters. The highest BCUT2D eigenvalue weighted by atomic mass is 35.5. The van der Waals surface area contributed by atoms with E-state index >= 15 is 0 Å². The first-order valence-electron chi connectivity index (χ1n) is 7.39. The van der Waals surface area contributed by atoms with Gasteiger partial charge in [-0.15, -0.1) is 0 Å². The smallest absolute Gasteiger partial charge is 0.179 e. The fourth-order valence-corrected chi connectivity index (χ4v) is 2.84. The van der Waals surface area contributed by atoms with Crippen LogP contribution in [-0.2, 0) is 4.74 Å². The molecule has 0 aromatic carbocycles. The molecule has 2 atom stereocenters. The average Bonchev–Trinajstić information content (AvgIpc) is 3.17. The van der Waals surface area contributed by atoms with E-state index in [1.165, 1.54) is 0 Å². The average molecular weight is 333 g/mol. The monoisotopic (exact) mass is 332 g/mol. The summed E-state index contributed by atoms with van der Waals surface area (Å²) in [7, 11) is 0. The van der Waals surface area contributed by atoms with Crippen molar-refractivity contribution in [1.29, 1.82) is 5.26 Å². The lowest BCUT2D eigenvalue weighted by molar-refractivity contribution is 0.0863. The molecule has 8 heteroatoms. The first-order chi connectivity index (χ1) is 11.1. The number of hydrogen-bond acceptors (Lipinski definition) is 6. The SMILES string of the molecule is Cc1nc([C@H]2OCC[C@H]2CNc2ncc(Cl)c(C)c2C#N)n[nH]1. The summed E-state index contributed by atoms with van der Waals surface area (Å²) < 4.78 is 5.76. The highest BCUT2D eigenvalue weighted by Crippen LogP contribution is 2.33. The molecule has 2 aromatic rings. The number of aryl methyl sites for hydroxylation is 1. The zero-order valence-electron chi connectivity index (χ0n) is 12.9. The Balaban J connectivity index is 1.73. The van der Waals surface area contributed by atoms with E-state index in [0.29, 0.717) is 35.4 Å². The van der Waals surface area contributed by atoms with E-state index in [0.717, 1.165) is 17.8 Å². The van der Waals surface area contributed by atoms with E-state index in [9.17, 15) is 5.26 Å². The van der Waals surface area contributed by atoms with Gasteiger partial charge in [0, 0.05) is 25.3 Å². The van der Waals surface area contributed by atoms with Gasteiger partial charge < -0.3 is 10.1 Å². The Morgan fingerprint density at radius 1 is 1.52 bits per heavy atom. The number of nitriles is 1. The molecule has 1 saturated heterocycles. The van der Waals surface area contributed by atoms with E-state index in [-0.39, 0.29) is 12.0 Å². The van der Waals surface area contributed by atoms with E-state index in [1.54, 1.807) is 6.20 Å². The van der Waals surface area contributed by atoms with Gasteiger partial charge in [-0.25, -0.2) is 9.97 Å². The minimum Gasteiger partial charge on any atom is -0.370 e.